The molecule has 0 atom stereocenters. The Morgan fingerprint density at radius 2 is 0.897 bits per heavy atom. The van der Waals surface area contributed by atoms with Gasteiger partial charge in [-0.25, -0.2) is 9.69 Å². The second-order valence-corrected chi connectivity index (χ2v) is 17.1. The van der Waals surface area contributed by atoms with E-state index >= 15 is 0 Å². The van der Waals surface area contributed by atoms with Gasteiger partial charge in [-0.2, -0.15) is 31.6 Å². The van der Waals surface area contributed by atoms with Crippen LogP contribution < -0.4 is 16.0 Å². The van der Waals surface area contributed by atoms with E-state index in [2.05, 4.69) is 30.5 Å². The molecule has 3 rings (SSSR count). The van der Waals surface area contributed by atoms with E-state index in [1.54, 1.807) is 0 Å². The predicted octanol–water partition coefficient (Wildman–Crippen LogP) is 9.06. The van der Waals surface area contributed by atoms with Gasteiger partial charge in [0.15, 0.2) is 0 Å². The second kappa shape index (κ2) is 22.2. The maximum Gasteiger partial charge on any atom is 0.274 e. The molecule has 0 unspecified atom stereocenters. The third-order valence-corrected chi connectivity index (χ3v) is 10.1. The predicted molar refractivity (Wildman–Crippen MR) is 210 cm³/mol. The lowest BCUT2D eigenvalue weighted by Crippen LogP contribution is -2.35. The smallest absolute Gasteiger partial charge is 0.274 e. The Morgan fingerprint density at radius 3 is 1.22 bits per heavy atom. The fraction of sp³-hybridized carbons (Fsp3) is 0.643. The standard InChI is InChI=1S/C42H57F6N7O3/c1-40(2)21-28(37(43)44)31(27-49)32(24-40)52-9-15-56-18-12-55(13-19-57-16-10-53-33-25-41(3,4)22-29(38(45)46)35(33)50-7)14-20-58-17-11-54-34-26-42(5,6)23-30(39(47)48)36(34)51-8/h52-54H,9-26H2,1-6H3. The first-order chi connectivity index (χ1) is 27.3. The normalized spacial score (nSPS) is 18.8. The van der Waals surface area contributed by atoms with Gasteiger partial charge >= 0.3 is 0 Å². The van der Waals surface area contributed by atoms with Gasteiger partial charge in [0.25, 0.3) is 18.2 Å². The van der Waals surface area contributed by atoms with Gasteiger partial charge in [0.05, 0.1) is 58.4 Å². The third kappa shape index (κ3) is 14.8. The van der Waals surface area contributed by atoms with E-state index in [0.29, 0.717) is 95.4 Å². The molecule has 0 aromatic carbocycles. The zero-order valence-corrected chi connectivity index (χ0v) is 34.5. The van der Waals surface area contributed by atoms with Crippen LogP contribution in [0.5, 0.6) is 0 Å². The maximum atomic E-state index is 13.6. The Hall–Kier alpha value is -4.27. The first-order valence-electron chi connectivity index (χ1n) is 19.5. The maximum absolute atomic E-state index is 13.6. The van der Waals surface area contributed by atoms with Crippen LogP contribution in [-0.2, 0) is 14.2 Å². The number of nitrogens with one attached hydrogen (secondary N) is 3. The van der Waals surface area contributed by atoms with E-state index in [4.69, 9.17) is 27.4 Å². The van der Waals surface area contributed by atoms with Gasteiger partial charge in [-0.05, 0) is 54.8 Å². The number of nitrogens with zero attached hydrogens (tertiary/aromatic N) is 4. The van der Waals surface area contributed by atoms with Gasteiger partial charge in [0.2, 0.25) is 11.4 Å². The van der Waals surface area contributed by atoms with E-state index in [0.717, 1.165) is 0 Å². The highest BCUT2D eigenvalue weighted by Gasteiger charge is 2.35. The van der Waals surface area contributed by atoms with Crippen molar-refractivity contribution < 1.29 is 40.6 Å². The van der Waals surface area contributed by atoms with Crippen LogP contribution in [0, 0.1) is 40.7 Å². The van der Waals surface area contributed by atoms with Crippen LogP contribution in [0.3, 0.4) is 0 Å². The van der Waals surface area contributed by atoms with Gasteiger partial charge in [0.1, 0.15) is 6.07 Å². The minimum absolute atomic E-state index is 0.0151. The minimum atomic E-state index is -1.84. The monoisotopic (exact) mass is 821 g/mol. The molecule has 0 aromatic heterocycles. The van der Waals surface area contributed by atoms with Crippen molar-refractivity contribution >= 4 is 0 Å². The summed E-state index contributed by atoms with van der Waals surface area (Å²) in [7, 11) is 0. The average Bonchev–Trinajstić information content (AvgIpc) is 3.13. The molecular weight excluding hydrogens is 764 g/mol. The number of halogens is 6. The lowest BCUT2D eigenvalue weighted by Gasteiger charge is -2.33. The van der Waals surface area contributed by atoms with Crippen LogP contribution in [0.1, 0.15) is 80.1 Å². The summed E-state index contributed by atoms with van der Waals surface area (Å²) in [5.41, 5.74) is -0.574. The van der Waals surface area contributed by atoms with Crippen molar-refractivity contribution in [1.82, 2.24) is 20.9 Å². The number of rotatable bonds is 21. The minimum Gasteiger partial charge on any atom is -0.395 e. The summed E-state index contributed by atoms with van der Waals surface area (Å²) < 4.78 is 99.3. The van der Waals surface area contributed by atoms with E-state index in [1.165, 1.54) is 0 Å². The van der Waals surface area contributed by atoms with Crippen LogP contribution in [-0.4, -0.2) is 83.8 Å². The van der Waals surface area contributed by atoms with Crippen molar-refractivity contribution in [3.8, 4) is 6.07 Å². The quantitative estimate of drug-likeness (QED) is 0.0600. The molecule has 3 N–H and O–H groups in total. The molecule has 0 aromatic rings. The van der Waals surface area contributed by atoms with Crippen LogP contribution in [0.4, 0.5) is 26.3 Å². The Bertz CT molecular complexity index is 1580. The van der Waals surface area contributed by atoms with Crippen molar-refractivity contribution in [2.75, 3.05) is 78.9 Å². The number of nitriles is 1. The molecule has 10 nitrogen and oxygen atoms in total. The Balaban J connectivity index is 1.52. The summed E-state index contributed by atoms with van der Waals surface area (Å²) in [6.45, 7) is 30.5. The molecule has 0 saturated carbocycles. The lowest BCUT2D eigenvalue weighted by molar-refractivity contribution is 0.0548. The number of allylic oxidation sites excluding steroid dienone is 7. The first-order valence-corrected chi connectivity index (χ1v) is 19.5. The van der Waals surface area contributed by atoms with Crippen molar-refractivity contribution in [2.45, 2.75) is 80.1 Å². The zero-order chi connectivity index (χ0) is 43.1. The summed E-state index contributed by atoms with van der Waals surface area (Å²) in [4.78, 5) is 8.84. The van der Waals surface area contributed by atoms with Crippen LogP contribution in [0.25, 0.3) is 9.69 Å². The third-order valence-electron chi connectivity index (χ3n) is 10.1. The lowest BCUT2D eigenvalue weighted by atomic mass is 9.74. The van der Waals surface area contributed by atoms with Crippen LogP contribution >= 0.6 is 0 Å². The number of ether oxygens (including phenoxy) is 3. The van der Waals surface area contributed by atoms with Gasteiger partial charge in [-0.3, -0.25) is 4.90 Å². The molecule has 58 heavy (non-hydrogen) atoms. The SMILES string of the molecule is [C-]#[N+]C1=C(NCCOCCN(CCOCCNC2=C(C#N)C(=C(F)F)CC(C)(C)C2)CCOCCNC2=C([N+]#[C-])C(=C(F)F)CC(C)(C)C2)CC(C)(C)CC1=C(F)F. The van der Waals surface area contributed by atoms with Gasteiger partial charge < -0.3 is 30.2 Å². The van der Waals surface area contributed by atoms with E-state index < -0.39 is 34.5 Å². The Morgan fingerprint density at radius 1 is 0.569 bits per heavy atom. The summed E-state index contributed by atoms with van der Waals surface area (Å²) in [5, 5.41) is 19.0. The fourth-order valence-corrected chi connectivity index (χ4v) is 7.48. The molecular formula is C42H57F6N7O3. The zero-order valence-electron chi connectivity index (χ0n) is 34.5. The highest BCUT2D eigenvalue weighted by Crippen LogP contribution is 2.45. The Kier molecular flexibility index (Phi) is 18.4. The number of hydrogen-bond acceptors (Lipinski definition) is 8. The average molecular weight is 822 g/mol. The van der Waals surface area contributed by atoms with E-state index in [9.17, 15) is 31.6 Å². The molecule has 0 heterocycles. The van der Waals surface area contributed by atoms with Gasteiger partial charge in [-0.1, -0.05) is 41.5 Å². The second-order valence-electron chi connectivity index (χ2n) is 17.1. The van der Waals surface area contributed by atoms with Crippen molar-refractivity contribution in [3.05, 3.63) is 91.9 Å². The molecule has 0 saturated heterocycles. The largest absolute Gasteiger partial charge is 0.395 e. The first kappa shape index (κ1) is 48.1. The summed E-state index contributed by atoms with van der Waals surface area (Å²) in [5.74, 6) is 0. The molecule has 0 bridgehead atoms. The highest BCUT2D eigenvalue weighted by atomic mass is 19.3. The summed E-state index contributed by atoms with van der Waals surface area (Å²) >= 11 is 0. The molecule has 3 aliphatic carbocycles. The van der Waals surface area contributed by atoms with Crippen LogP contribution in [0.2, 0.25) is 0 Å². The van der Waals surface area contributed by atoms with E-state index in [1.807, 2.05) is 47.6 Å². The molecule has 0 fully saturated rings. The summed E-state index contributed by atoms with van der Waals surface area (Å²) in [6, 6.07) is 1.93. The topological polar surface area (TPSA) is 99.5 Å². The molecule has 0 radical (unpaired) electrons. The highest BCUT2D eigenvalue weighted by molar-refractivity contribution is 5.49. The molecule has 320 valence electrons. The van der Waals surface area contributed by atoms with E-state index in [-0.39, 0.29) is 72.8 Å². The van der Waals surface area contributed by atoms with Crippen molar-refractivity contribution in [1.29, 1.82) is 5.26 Å². The van der Waals surface area contributed by atoms with Crippen molar-refractivity contribution in [3.63, 3.8) is 0 Å². The summed E-state index contributed by atoms with van der Waals surface area (Å²) in [6.07, 6.45) is -3.75. The molecule has 0 aliphatic heterocycles. The fourth-order valence-electron chi connectivity index (χ4n) is 7.48. The van der Waals surface area contributed by atoms with Crippen LogP contribution in [0.15, 0.2) is 69.0 Å². The number of hydrogen-bond donors (Lipinski definition) is 3. The molecule has 3 aliphatic rings. The Labute approximate surface area is 339 Å². The van der Waals surface area contributed by atoms with Gasteiger partial charge in [0, 0.05) is 73.1 Å². The molecule has 0 amide bonds. The van der Waals surface area contributed by atoms with Gasteiger partial charge in [-0.15, -0.1) is 0 Å². The molecule has 16 heteroatoms. The van der Waals surface area contributed by atoms with Crippen molar-refractivity contribution in [2.24, 2.45) is 16.2 Å². The molecule has 0 spiro atoms.